The van der Waals surface area contributed by atoms with Crippen LogP contribution in [0, 0.1) is 0 Å². The molecule has 1 heterocycles. The SMILES string of the molecule is CNC1(c2ccccc2)CCC(N2CCCC2)CC1. The summed E-state index contributed by atoms with van der Waals surface area (Å²) in [6.07, 6.45) is 8.05. The number of nitrogens with zero attached hydrogens (tertiary/aromatic N) is 1. The van der Waals surface area contributed by atoms with Gasteiger partial charge in [0.1, 0.15) is 0 Å². The van der Waals surface area contributed by atoms with E-state index in [1.54, 1.807) is 0 Å². The zero-order chi connectivity index (χ0) is 13.1. The first-order valence-corrected chi connectivity index (χ1v) is 7.82. The fraction of sp³-hybridized carbons (Fsp3) is 0.647. The van der Waals surface area contributed by atoms with Crippen molar-refractivity contribution in [3.63, 3.8) is 0 Å². The van der Waals surface area contributed by atoms with E-state index in [1.165, 1.54) is 57.2 Å². The van der Waals surface area contributed by atoms with Gasteiger partial charge in [0.05, 0.1) is 0 Å². The first-order chi connectivity index (χ1) is 9.34. The second-order valence-electron chi connectivity index (χ2n) is 6.17. The molecule has 1 aliphatic heterocycles. The summed E-state index contributed by atoms with van der Waals surface area (Å²) in [6.45, 7) is 2.67. The van der Waals surface area contributed by atoms with Crippen molar-refractivity contribution in [1.82, 2.24) is 10.2 Å². The molecule has 1 saturated heterocycles. The fourth-order valence-corrected chi connectivity index (χ4v) is 4.01. The van der Waals surface area contributed by atoms with E-state index in [-0.39, 0.29) is 5.54 Å². The van der Waals surface area contributed by atoms with Crippen LogP contribution in [0.1, 0.15) is 44.1 Å². The highest BCUT2D eigenvalue weighted by atomic mass is 15.2. The predicted octanol–water partition coefficient (Wildman–Crippen LogP) is 3.14. The lowest BCUT2D eigenvalue weighted by Gasteiger charge is -2.43. The summed E-state index contributed by atoms with van der Waals surface area (Å²) in [4.78, 5) is 2.73. The second-order valence-corrected chi connectivity index (χ2v) is 6.17. The molecule has 19 heavy (non-hydrogen) atoms. The molecule has 2 nitrogen and oxygen atoms in total. The molecule has 0 unspecified atom stereocenters. The van der Waals surface area contributed by atoms with Gasteiger partial charge in [0.2, 0.25) is 0 Å². The molecule has 1 aromatic carbocycles. The smallest absolute Gasteiger partial charge is 0.0433 e. The highest BCUT2D eigenvalue weighted by molar-refractivity contribution is 5.25. The van der Waals surface area contributed by atoms with E-state index >= 15 is 0 Å². The predicted molar refractivity (Wildman–Crippen MR) is 80.2 cm³/mol. The maximum atomic E-state index is 3.63. The Morgan fingerprint density at radius 3 is 2.26 bits per heavy atom. The van der Waals surface area contributed by atoms with Crippen LogP contribution in [0.15, 0.2) is 30.3 Å². The molecule has 1 aromatic rings. The highest BCUT2D eigenvalue weighted by Gasteiger charge is 2.37. The van der Waals surface area contributed by atoms with Crippen molar-refractivity contribution in [2.45, 2.75) is 50.1 Å². The molecular formula is C17H26N2. The van der Waals surface area contributed by atoms with Crippen LogP contribution in [0.2, 0.25) is 0 Å². The largest absolute Gasteiger partial charge is 0.310 e. The molecule has 0 atom stereocenters. The van der Waals surface area contributed by atoms with E-state index in [0.717, 1.165) is 6.04 Å². The van der Waals surface area contributed by atoms with Gasteiger partial charge in [-0.3, -0.25) is 0 Å². The minimum Gasteiger partial charge on any atom is -0.310 e. The third-order valence-corrected chi connectivity index (χ3v) is 5.27. The molecule has 0 radical (unpaired) electrons. The molecule has 0 spiro atoms. The second kappa shape index (κ2) is 5.64. The van der Waals surface area contributed by atoms with Crippen molar-refractivity contribution in [1.29, 1.82) is 0 Å². The van der Waals surface area contributed by atoms with Gasteiger partial charge in [-0.05, 0) is 64.2 Å². The van der Waals surface area contributed by atoms with Crippen LogP contribution in [0.25, 0.3) is 0 Å². The van der Waals surface area contributed by atoms with Crippen LogP contribution in [0.3, 0.4) is 0 Å². The summed E-state index contributed by atoms with van der Waals surface area (Å²) in [7, 11) is 2.13. The van der Waals surface area contributed by atoms with Crippen molar-refractivity contribution >= 4 is 0 Å². The highest BCUT2D eigenvalue weighted by Crippen LogP contribution is 2.38. The van der Waals surface area contributed by atoms with Gasteiger partial charge in [0.25, 0.3) is 0 Å². The van der Waals surface area contributed by atoms with Gasteiger partial charge in [0, 0.05) is 11.6 Å². The van der Waals surface area contributed by atoms with Crippen LogP contribution >= 0.6 is 0 Å². The Morgan fingerprint density at radius 2 is 1.68 bits per heavy atom. The summed E-state index contributed by atoms with van der Waals surface area (Å²) < 4.78 is 0. The minimum absolute atomic E-state index is 0.220. The van der Waals surface area contributed by atoms with Crippen molar-refractivity contribution < 1.29 is 0 Å². The van der Waals surface area contributed by atoms with Crippen LogP contribution in [-0.4, -0.2) is 31.1 Å². The first kappa shape index (κ1) is 13.1. The molecule has 104 valence electrons. The first-order valence-electron chi connectivity index (χ1n) is 7.82. The molecule has 0 aromatic heterocycles. The zero-order valence-corrected chi connectivity index (χ0v) is 12.1. The van der Waals surface area contributed by atoms with Crippen molar-refractivity contribution in [3.8, 4) is 0 Å². The topological polar surface area (TPSA) is 15.3 Å². The van der Waals surface area contributed by atoms with E-state index in [2.05, 4.69) is 47.6 Å². The Hall–Kier alpha value is -0.860. The molecule has 2 heteroatoms. The van der Waals surface area contributed by atoms with Crippen LogP contribution in [-0.2, 0) is 5.54 Å². The molecule has 1 aliphatic carbocycles. The average Bonchev–Trinajstić information content (AvgIpc) is 3.02. The number of likely N-dealkylation sites (tertiary alicyclic amines) is 1. The lowest BCUT2D eigenvalue weighted by Crippen LogP contribution is -2.47. The Labute approximate surface area is 117 Å². The number of nitrogens with one attached hydrogen (secondary N) is 1. The molecule has 2 aliphatic rings. The molecule has 0 bridgehead atoms. The lowest BCUT2D eigenvalue weighted by molar-refractivity contribution is 0.133. The van der Waals surface area contributed by atoms with Crippen molar-refractivity contribution in [2.75, 3.05) is 20.1 Å². The van der Waals surface area contributed by atoms with Gasteiger partial charge in [-0.15, -0.1) is 0 Å². The van der Waals surface area contributed by atoms with Gasteiger partial charge in [-0.2, -0.15) is 0 Å². The molecule has 1 N–H and O–H groups in total. The van der Waals surface area contributed by atoms with Crippen LogP contribution in [0.5, 0.6) is 0 Å². The van der Waals surface area contributed by atoms with E-state index in [1.807, 2.05) is 0 Å². The number of hydrogen-bond acceptors (Lipinski definition) is 2. The number of hydrogen-bond donors (Lipinski definition) is 1. The number of rotatable bonds is 3. The van der Waals surface area contributed by atoms with Crippen LogP contribution in [0.4, 0.5) is 0 Å². The average molecular weight is 258 g/mol. The van der Waals surface area contributed by atoms with Crippen molar-refractivity contribution in [3.05, 3.63) is 35.9 Å². The normalized spacial score (nSPS) is 32.6. The maximum absolute atomic E-state index is 3.63. The Morgan fingerprint density at radius 1 is 1.05 bits per heavy atom. The third-order valence-electron chi connectivity index (χ3n) is 5.27. The van der Waals surface area contributed by atoms with Gasteiger partial charge in [-0.25, -0.2) is 0 Å². The maximum Gasteiger partial charge on any atom is 0.0433 e. The van der Waals surface area contributed by atoms with E-state index < -0.39 is 0 Å². The van der Waals surface area contributed by atoms with Gasteiger partial charge >= 0.3 is 0 Å². The van der Waals surface area contributed by atoms with Gasteiger partial charge < -0.3 is 10.2 Å². The van der Waals surface area contributed by atoms with Crippen molar-refractivity contribution in [2.24, 2.45) is 0 Å². The Kier molecular flexibility index (Phi) is 3.90. The lowest BCUT2D eigenvalue weighted by atomic mass is 9.74. The fourth-order valence-electron chi connectivity index (χ4n) is 4.01. The van der Waals surface area contributed by atoms with Crippen LogP contribution < -0.4 is 5.32 Å². The zero-order valence-electron chi connectivity index (χ0n) is 12.1. The summed E-state index contributed by atoms with van der Waals surface area (Å²) in [5, 5.41) is 3.63. The molecular weight excluding hydrogens is 232 g/mol. The molecule has 0 amide bonds. The standard InChI is InChI=1S/C17H26N2/c1-18-17(15-7-3-2-4-8-15)11-9-16(10-12-17)19-13-5-6-14-19/h2-4,7-8,16,18H,5-6,9-14H2,1H3. The quantitative estimate of drug-likeness (QED) is 0.896. The summed E-state index contributed by atoms with van der Waals surface area (Å²) in [6, 6.07) is 11.9. The van der Waals surface area contributed by atoms with E-state index in [4.69, 9.17) is 0 Å². The van der Waals surface area contributed by atoms with Gasteiger partial charge in [-0.1, -0.05) is 30.3 Å². The Balaban J connectivity index is 1.69. The monoisotopic (exact) mass is 258 g/mol. The number of benzene rings is 1. The minimum atomic E-state index is 0.220. The molecule has 3 rings (SSSR count). The van der Waals surface area contributed by atoms with E-state index in [0.29, 0.717) is 0 Å². The Bertz CT molecular complexity index is 387. The summed E-state index contributed by atoms with van der Waals surface area (Å²) in [5.41, 5.74) is 1.69. The molecule has 1 saturated carbocycles. The van der Waals surface area contributed by atoms with Gasteiger partial charge in [0.15, 0.2) is 0 Å². The molecule has 2 fully saturated rings. The third kappa shape index (κ3) is 2.56. The van der Waals surface area contributed by atoms with E-state index in [9.17, 15) is 0 Å². The summed E-state index contributed by atoms with van der Waals surface area (Å²) in [5.74, 6) is 0. The summed E-state index contributed by atoms with van der Waals surface area (Å²) >= 11 is 0.